The summed E-state index contributed by atoms with van der Waals surface area (Å²) < 4.78 is 27.2. The number of allylic oxidation sites excluding steroid dienone is 1. The van der Waals surface area contributed by atoms with Crippen molar-refractivity contribution >= 4 is 17.5 Å². The van der Waals surface area contributed by atoms with E-state index < -0.39 is 5.82 Å². The van der Waals surface area contributed by atoms with E-state index in [1.165, 1.54) is 12.1 Å². The van der Waals surface area contributed by atoms with E-state index in [1.54, 1.807) is 23.1 Å². The number of aromatic nitrogens is 1. The molecular weight excluding hydrogens is 495 g/mol. The summed E-state index contributed by atoms with van der Waals surface area (Å²) in [6.45, 7) is 9.05. The number of hydrogen-bond donors (Lipinski definition) is 0. The minimum atomic E-state index is -0.525. The van der Waals surface area contributed by atoms with E-state index in [2.05, 4.69) is 13.2 Å². The number of fused-ring (bicyclic) bond motifs is 1. The van der Waals surface area contributed by atoms with Gasteiger partial charge in [-0.1, -0.05) is 60.2 Å². The molecule has 1 aliphatic rings. The molecule has 0 aliphatic carbocycles. The summed E-state index contributed by atoms with van der Waals surface area (Å²) in [7, 11) is 0. The molecule has 0 saturated carbocycles. The Morgan fingerprint density at radius 2 is 1.78 bits per heavy atom. The van der Waals surface area contributed by atoms with Crippen LogP contribution in [-0.2, 0) is 37.5 Å². The van der Waals surface area contributed by atoms with Gasteiger partial charge in [0.2, 0.25) is 5.43 Å². The van der Waals surface area contributed by atoms with Crippen molar-refractivity contribution < 1.29 is 18.7 Å². The Labute approximate surface area is 220 Å². The molecule has 0 radical (unpaired) electrons. The van der Waals surface area contributed by atoms with Crippen LogP contribution < -0.4 is 10.2 Å². The number of nitrogens with zero attached hydrogens (tertiary/aromatic N) is 2. The first-order chi connectivity index (χ1) is 17.9. The van der Waals surface area contributed by atoms with Crippen molar-refractivity contribution in [1.82, 2.24) is 9.47 Å². The zero-order valence-electron chi connectivity index (χ0n) is 20.4. The number of rotatable bonds is 11. The van der Waals surface area contributed by atoms with Gasteiger partial charge in [0, 0.05) is 25.2 Å². The van der Waals surface area contributed by atoms with Crippen LogP contribution in [0.1, 0.15) is 32.9 Å². The van der Waals surface area contributed by atoms with E-state index in [4.69, 9.17) is 21.1 Å². The highest BCUT2D eigenvalue weighted by Crippen LogP contribution is 2.28. The summed E-state index contributed by atoms with van der Waals surface area (Å²) >= 11 is 5.95. The fourth-order valence-electron chi connectivity index (χ4n) is 4.36. The number of hydrogen-bond acceptors (Lipinski definition) is 4. The lowest BCUT2D eigenvalue weighted by atomic mass is 10.0. The van der Waals surface area contributed by atoms with Gasteiger partial charge in [0.1, 0.15) is 12.4 Å². The first kappa shape index (κ1) is 26.4. The number of ether oxygens (including phenoxy) is 2. The zero-order valence-corrected chi connectivity index (χ0v) is 21.2. The van der Waals surface area contributed by atoms with Crippen LogP contribution in [0.15, 0.2) is 78.6 Å². The van der Waals surface area contributed by atoms with E-state index in [0.717, 1.165) is 5.56 Å². The largest absolute Gasteiger partial charge is 0.483 e. The summed E-state index contributed by atoms with van der Waals surface area (Å²) in [5.74, 6) is -0.884. The predicted octanol–water partition coefficient (Wildman–Crippen LogP) is 5.31. The van der Waals surface area contributed by atoms with Crippen LogP contribution in [0.2, 0.25) is 5.02 Å². The van der Waals surface area contributed by atoms with Gasteiger partial charge in [0.15, 0.2) is 11.4 Å². The highest BCUT2D eigenvalue weighted by Gasteiger charge is 2.33. The van der Waals surface area contributed by atoms with Gasteiger partial charge in [0.05, 0.1) is 23.9 Å². The zero-order chi connectivity index (χ0) is 26.4. The number of carbonyl (C=O) groups is 1. The van der Waals surface area contributed by atoms with Crippen LogP contribution in [-0.4, -0.2) is 28.5 Å². The van der Waals surface area contributed by atoms with Gasteiger partial charge in [0.25, 0.3) is 5.91 Å². The molecule has 3 aromatic rings. The molecule has 0 atom stereocenters. The Bertz CT molecular complexity index is 1370. The second kappa shape index (κ2) is 12.0. The molecule has 0 bridgehead atoms. The van der Waals surface area contributed by atoms with Crippen LogP contribution in [0.4, 0.5) is 4.39 Å². The number of carbonyl (C=O) groups excluding carboxylic acids is 1. The number of benzene rings is 2. The maximum atomic E-state index is 13.8. The molecule has 192 valence electrons. The number of amides is 1. The second-order valence-electron chi connectivity index (χ2n) is 8.63. The van der Waals surface area contributed by atoms with E-state index in [0.29, 0.717) is 42.9 Å². The van der Waals surface area contributed by atoms with Gasteiger partial charge in [-0.15, -0.1) is 13.2 Å². The summed E-state index contributed by atoms with van der Waals surface area (Å²) in [5.41, 5.74) is 2.46. The van der Waals surface area contributed by atoms with Crippen molar-refractivity contribution in [2.45, 2.75) is 32.7 Å². The molecule has 0 fully saturated rings. The maximum absolute atomic E-state index is 13.8. The number of pyridine rings is 1. The summed E-state index contributed by atoms with van der Waals surface area (Å²) in [6.07, 6.45) is 3.58. The Balaban J connectivity index is 1.78. The average Bonchev–Trinajstić information content (AvgIpc) is 2.90. The van der Waals surface area contributed by atoms with Crippen molar-refractivity contribution in [3.05, 3.63) is 123 Å². The molecular formula is C29H28ClFN2O4. The van der Waals surface area contributed by atoms with Gasteiger partial charge in [-0.25, -0.2) is 4.39 Å². The second-order valence-corrected chi connectivity index (χ2v) is 9.04. The van der Waals surface area contributed by atoms with E-state index >= 15 is 0 Å². The standard InChI is InChI=1S/C29H28ClFN2O4/c1-3-8-22-25(19-36-15-4-2)33-14-13-32(17-21-11-12-24(31)23(30)16-21)29(35)26(33)28(27(22)34)37-18-20-9-6-5-7-10-20/h3-7,9-12,16H,1-2,8,13-15,17-19H2. The van der Waals surface area contributed by atoms with Crippen molar-refractivity contribution in [1.29, 1.82) is 0 Å². The molecule has 4 rings (SSSR count). The fourth-order valence-corrected chi connectivity index (χ4v) is 4.56. The molecule has 0 saturated heterocycles. The molecule has 1 amide bonds. The third kappa shape index (κ3) is 5.84. The van der Waals surface area contributed by atoms with Crippen LogP contribution in [0.25, 0.3) is 0 Å². The van der Waals surface area contributed by atoms with Crippen LogP contribution in [0, 0.1) is 5.82 Å². The Morgan fingerprint density at radius 3 is 2.49 bits per heavy atom. The molecule has 2 aromatic carbocycles. The minimum Gasteiger partial charge on any atom is -0.483 e. The molecule has 0 unspecified atom stereocenters. The van der Waals surface area contributed by atoms with E-state index in [1.807, 2.05) is 34.9 Å². The van der Waals surface area contributed by atoms with Gasteiger partial charge in [-0.05, 0) is 29.7 Å². The normalized spacial score (nSPS) is 12.8. The molecule has 1 aromatic heterocycles. The third-order valence-electron chi connectivity index (χ3n) is 6.13. The summed E-state index contributed by atoms with van der Waals surface area (Å²) in [5, 5.41) is -0.0128. The quantitative estimate of drug-likeness (QED) is 0.253. The van der Waals surface area contributed by atoms with Crippen LogP contribution in [0.5, 0.6) is 5.75 Å². The lowest BCUT2D eigenvalue weighted by molar-refractivity contribution is 0.0669. The first-order valence-electron chi connectivity index (χ1n) is 11.9. The highest BCUT2D eigenvalue weighted by molar-refractivity contribution is 6.30. The van der Waals surface area contributed by atoms with Crippen LogP contribution in [0.3, 0.4) is 0 Å². The van der Waals surface area contributed by atoms with E-state index in [-0.39, 0.29) is 47.6 Å². The van der Waals surface area contributed by atoms with Crippen LogP contribution >= 0.6 is 11.6 Å². The van der Waals surface area contributed by atoms with Crippen molar-refractivity contribution in [2.24, 2.45) is 0 Å². The Morgan fingerprint density at radius 1 is 1.00 bits per heavy atom. The topological polar surface area (TPSA) is 60.8 Å². The van der Waals surface area contributed by atoms with Crippen molar-refractivity contribution in [3.8, 4) is 5.75 Å². The van der Waals surface area contributed by atoms with Gasteiger partial charge >= 0.3 is 0 Å². The Hall–Kier alpha value is -3.68. The molecule has 8 heteroatoms. The first-order valence-corrected chi connectivity index (χ1v) is 12.3. The maximum Gasteiger partial charge on any atom is 0.274 e. The lowest BCUT2D eigenvalue weighted by Gasteiger charge is -2.33. The smallest absolute Gasteiger partial charge is 0.274 e. The predicted molar refractivity (Wildman–Crippen MR) is 141 cm³/mol. The van der Waals surface area contributed by atoms with Crippen molar-refractivity contribution in [2.75, 3.05) is 13.2 Å². The lowest BCUT2D eigenvalue weighted by Crippen LogP contribution is -2.43. The highest BCUT2D eigenvalue weighted by atomic mass is 35.5. The molecule has 2 heterocycles. The molecule has 0 N–H and O–H groups in total. The van der Waals surface area contributed by atoms with Gasteiger partial charge in [-0.3, -0.25) is 9.59 Å². The summed E-state index contributed by atoms with van der Waals surface area (Å²) in [4.78, 5) is 29.1. The van der Waals surface area contributed by atoms with Gasteiger partial charge < -0.3 is 18.9 Å². The monoisotopic (exact) mass is 522 g/mol. The minimum absolute atomic E-state index is 0.0000114. The average molecular weight is 523 g/mol. The fraction of sp³-hybridized carbons (Fsp3) is 0.241. The number of halogens is 2. The van der Waals surface area contributed by atoms with Crippen molar-refractivity contribution in [3.63, 3.8) is 0 Å². The third-order valence-corrected chi connectivity index (χ3v) is 6.42. The molecule has 0 spiro atoms. The Kier molecular flexibility index (Phi) is 8.58. The van der Waals surface area contributed by atoms with Gasteiger partial charge in [-0.2, -0.15) is 0 Å². The SMILES string of the molecule is C=CCOCc1c(CC=C)c(=O)c(OCc2ccccc2)c2n1CCN(Cc1ccc(F)c(Cl)c1)C2=O. The molecule has 6 nitrogen and oxygen atoms in total. The van der Waals surface area contributed by atoms with E-state index in [9.17, 15) is 14.0 Å². The molecule has 1 aliphatic heterocycles. The summed E-state index contributed by atoms with van der Waals surface area (Å²) in [6, 6.07) is 13.8. The molecule has 37 heavy (non-hydrogen) atoms.